The van der Waals surface area contributed by atoms with Crippen LogP contribution in [0.1, 0.15) is 46.5 Å². The van der Waals surface area contributed by atoms with Crippen LogP contribution >= 0.6 is 0 Å². The lowest BCUT2D eigenvalue weighted by Crippen LogP contribution is -2.44. The summed E-state index contributed by atoms with van der Waals surface area (Å²) in [5.74, 6) is 0.457. The third-order valence-electron chi connectivity index (χ3n) is 3.28. The Bertz CT molecular complexity index is 288. The van der Waals surface area contributed by atoms with Crippen molar-refractivity contribution in [1.29, 1.82) is 0 Å². The summed E-state index contributed by atoms with van der Waals surface area (Å²) in [7, 11) is 0. The van der Waals surface area contributed by atoms with Gasteiger partial charge in [0, 0.05) is 12.6 Å². The van der Waals surface area contributed by atoms with E-state index in [0.717, 1.165) is 32.2 Å². The first-order valence-corrected chi connectivity index (χ1v) is 6.53. The number of nitrogens with zero attached hydrogens (tertiary/aromatic N) is 1. The molecule has 0 aromatic heterocycles. The van der Waals surface area contributed by atoms with Gasteiger partial charge in [-0.25, -0.2) is 4.79 Å². The van der Waals surface area contributed by atoms with Crippen molar-refractivity contribution in [2.75, 3.05) is 6.54 Å². The Kier molecular flexibility index (Phi) is 3.34. The molecule has 0 heterocycles. The molecule has 2 aliphatic carbocycles. The number of rotatable bonds is 3. The molecule has 0 atom stereocenters. The average Bonchev–Trinajstić information content (AvgIpc) is 2.90. The number of hydrogen-bond donors (Lipinski definition) is 1. The van der Waals surface area contributed by atoms with Crippen molar-refractivity contribution in [3.8, 4) is 0 Å². The Labute approximate surface area is 103 Å². The van der Waals surface area contributed by atoms with Gasteiger partial charge in [-0.15, -0.1) is 0 Å². The summed E-state index contributed by atoms with van der Waals surface area (Å²) in [5.41, 5.74) is -0.427. The van der Waals surface area contributed by atoms with Gasteiger partial charge in [0.15, 0.2) is 0 Å². The van der Waals surface area contributed by atoms with Gasteiger partial charge in [0.05, 0.1) is 6.10 Å². The molecule has 0 aliphatic heterocycles. The summed E-state index contributed by atoms with van der Waals surface area (Å²) in [6.45, 7) is 6.42. The molecule has 1 N–H and O–H groups in total. The van der Waals surface area contributed by atoms with E-state index in [1.165, 1.54) is 0 Å². The zero-order valence-electron chi connectivity index (χ0n) is 11.0. The largest absolute Gasteiger partial charge is 0.444 e. The molecule has 4 heteroatoms. The Morgan fingerprint density at radius 1 is 1.35 bits per heavy atom. The number of hydrogen-bond acceptors (Lipinski definition) is 3. The molecular weight excluding hydrogens is 218 g/mol. The minimum absolute atomic E-state index is 0.153. The number of carbonyl (C=O) groups is 1. The van der Waals surface area contributed by atoms with E-state index >= 15 is 0 Å². The standard InChI is InChI=1S/C13H23NO3/c1-13(2,3)17-12(16)14(10-4-5-10)8-9-6-11(15)7-9/h9-11,15H,4-8H2,1-3H3. The summed E-state index contributed by atoms with van der Waals surface area (Å²) in [6.07, 6.45) is 3.49. The Balaban J connectivity index is 1.86. The number of aliphatic hydroxyl groups is 1. The van der Waals surface area contributed by atoms with Gasteiger partial charge in [-0.3, -0.25) is 0 Å². The van der Waals surface area contributed by atoms with Crippen LogP contribution < -0.4 is 0 Å². The van der Waals surface area contributed by atoms with E-state index < -0.39 is 5.60 Å². The number of amides is 1. The molecule has 2 aliphatic rings. The fourth-order valence-corrected chi connectivity index (χ4v) is 2.21. The Morgan fingerprint density at radius 3 is 2.35 bits per heavy atom. The van der Waals surface area contributed by atoms with Crippen molar-refractivity contribution >= 4 is 6.09 Å². The molecule has 0 aromatic carbocycles. The van der Waals surface area contributed by atoms with Gasteiger partial charge < -0.3 is 14.7 Å². The topological polar surface area (TPSA) is 49.8 Å². The lowest BCUT2D eigenvalue weighted by Gasteiger charge is -2.36. The van der Waals surface area contributed by atoms with Crippen LogP contribution in [0.4, 0.5) is 4.79 Å². The van der Waals surface area contributed by atoms with Gasteiger partial charge >= 0.3 is 6.09 Å². The highest BCUT2D eigenvalue weighted by Gasteiger charge is 2.39. The first-order valence-electron chi connectivity index (χ1n) is 6.53. The van der Waals surface area contributed by atoms with Crippen LogP contribution in [0.25, 0.3) is 0 Å². The molecular formula is C13H23NO3. The minimum atomic E-state index is -0.427. The molecule has 0 spiro atoms. The van der Waals surface area contributed by atoms with Gasteiger partial charge in [-0.1, -0.05) is 0 Å². The zero-order valence-corrected chi connectivity index (χ0v) is 11.0. The fraction of sp³-hybridized carbons (Fsp3) is 0.923. The Morgan fingerprint density at radius 2 is 1.94 bits per heavy atom. The van der Waals surface area contributed by atoms with Crippen LogP contribution in [-0.2, 0) is 4.74 Å². The summed E-state index contributed by atoms with van der Waals surface area (Å²) in [5, 5.41) is 9.28. The van der Waals surface area contributed by atoms with Gasteiger partial charge in [-0.05, 0) is 52.4 Å². The van der Waals surface area contributed by atoms with Crippen LogP contribution in [0, 0.1) is 5.92 Å². The predicted octanol–water partition coefficient (Wildman–Crippen LogP) is 2.16. The number of carbonyl (C=O) groups excluding carboxylic acids is 1. The van der Waals surface area contributed by atoms with Crippen molar-refractivity contribution in [3.05, 3.63) is 0 Å². The molecule has 0 aromatic rings. The first-order chi connectivity index (χ1) is 7.85. The monoisotopic (exact) mass is 241 g/mol. The molecule has 17 heavy (non-hydrogen) atoms. The second-order valence-corrected chi connectivity index (χ2v) is 6.36. The van der Waals surface area contributed by atoms with Crippen molar-refractivity contribution in [2.24, 2.45) is 5.92 Å². The normalized spacial score (nSPS) is 28.5. The van der Waals surface area contributed by atoms with Gasteiger partial charge in [0.1, 0.15) is 5.60 Å². The first kappa shape index (κ1) is 12.7. The molecule has 0 unspecified atom stereocenters. The highest BCUT2D eigenvalue weighted by Crippen LogP contribution is 2.34. The van der Waals surface area contributed by atoms with E-state index in [-0.39, 0.29) is 12.2 Å². The van der Waals surface area contributed by atoms with Gasteiger partial charge in [-0.2, -0.15) is 0 Å². The van der Waals surface area contributed by atoms with E-state index in [1.807, 2.05) is 25.7 Å². The Hall–Kier alpha value is -0.770. The van der Waals surface area contributed by atoms with Crippen LogP contribution in [0.2, 0.25) is 0 Å². The lowest BCUT2D eigenvalue weighted by atomic mass is 9.82. The molecule has 0 bridgehead atoms. The predicted molar refractivity (Wildman–Crippen MR) is 64.7 cm³/mol. The summed E-state index contributed by atoms with van der Waals surface area (Å²) >= 11 is 0. The highest BCUT2D eigenvalue weighted by atomic mass is 16.6. The molecule has 1 amide bonds. The molecule has 2 rings (SSSR count). The summed E-state index contributed by atoms with van der Waals surface area (Å²) in [4.78, 5) is 13.9. The SMILES string of the molecule is CC(C)(C)OC(=O)N(CC1CC(O)C1)C1CC1. The van der Waals surface area contributed by atoms with E-state index in [0.29, 0.717) is 12.0 Å². The van der Waals surface area contributed by atoms with E-state index in [4.69, 9.17) is 4.74 Å². The van der Waals surface area contributed by atoms with Crippen LogP contribution in [0.5, 0.6) is 0 Å². The molecule has 0 saturated heterocycles. The maximum atomic E-state index is 12.0. The fourth-order valence-electron chi connectivity index (χ4n) is 2.21. The second kappa shape index (κ2) is 4.48. The quantitative estimate of drug-likeness (QED) is 0.823. The van der Waals surface area contributed by atoms with Crippen molar-refractivity contribution in [2.45, 2.75) is 64.2 Å². The van der Waals surface area contributed by atoms with Crippen LogP contribution in [0.15, 0.2) is 0 Å². The van der Waals surface area contributed by atoms with Crippen LogP contribution in [0.3, 0.4) is 0 Å². The van der Waals surface area contributed by atoms with Crippen LogP contribution in [-0.4, -0.2) is 40.4 Å². The minimum Gasteiger partial charge on any atom is -0.444 e. The van der Waals surface area contributed by atoms with E-state index in [9.17, 15) is 9.90 Å². The van der Waals surface area contributed by atoms with Crippen molar-refractivity contribution in [1.82, 2.24) is 4.90 Å². The zero-order chi connectivity index (χ0) is 12.6. The highest BCUT2D eigenvalue weighted by molar-refractivity contribution is 5.69. The second-order valence-electron chi connectivity index (χ2n) is 6.36. The third-order valence-corrected chi connectivity index (χ3v) is 3.28. The van der Waals surface area contributed by atoms with Crippen molar-refractivity contribution < 1.29 is 14.6 Å². The maximum Gasteiger partial charge on any atom is 0.410 e. The molecule has 0 radical (unpaired) electrons. The van der Waals surface area contributed by atoms with E-state index in [1.54, 1.807) is 0 Å². The summed E-state index contributed by atoms with van der Waals surface area (Å²) in [6, 6.07) is 0.377. The molecule has 98 valence electrons. The lowest BCUT2D eigenvalue weighted by molar-refractivity contribution is -0.00226. The molecule has 2 fully saturated rings. The van der Waals surface area contributed by atoms with Gasteiger partial charge in [0.25, 0.3) is 0 Å². The number of ether oxygens (including phenoxy) is 1. The van der Waals surface area contributed by atoms with Gasteiger partial charge in [0.2, 0.25) is 0 Å². The summed E-state index contributed by atoms with van der Waals surface area (Å²) < 4.78 is 5.42. The average molecular weight is 241 g/mol. The maximum absolute atomic E-state index is 12.0. The smallest absolute Gasteiger partial charge is 0.410 e. The van der Waals surface area contributed by atoms with Crippen molar-refractivity contribution in [3.63, 3.8) is 0 Å². The molecule has 2 saturated carbocycles. The third kappa shape index (κ3) is 3.60. The van der Waals surface area contributed by atoms with E-state index in [2.05, 4.69) is 0 Å². The number of aliphatic hydroxyl groups excluding tert-OH is 1. The molecule has 4 nitrogen and oxygen atoms in total.